The van der Waals surface area contributed by atoms with E-state index < -0.39 is 0 Å². The molecule has 0 unspecified atom stereocenters. The fraction of sp³-hybridized carbons (Fsp3) is 0.0714. The summed E-state index contributed by atoms with van der Waals surface area (Å²) in [4.78, 5) is 0. The molecule has 0 bridgehead atoms. The Bertz CT molecular complexity index is 1140. The van der Waals surface area contributed by atoms with E-state index >= 15 is 0 Å². The third-order valence-corrected chi connectivity index (χ3v) is 4.31. The molecule has 0 fully saturated rings. The molecule has 0 spiro atoms. The van der Waals surface area contributed by atoms with Gasteiger partial charge in [-0.2, -0.15) is 10.2 Å². The van der Waals surface area contributed by atoms with Gasteiger partial charge in [-0.1, -0.05) is 61.4 Å². The summed E-state index contributed by atoms with van der Waals surface area (Å²) in [7, 11) is 0. The molecule has 3 aromatic carbocycles. The Kier molecular flexibility index (Phi) is 7.74. The van der Waals surface area contributed by atoms with Gasteiger partial charge in [0, 0.05) is 11.1 Å². The second kappa shape index (κ2) is 11.1. The molecule has 0 aliphatic heterocycles. The largest absolute Gasteiger partial charge is 0.494 e. The van der Waals surface area contributed by atoms with Gasteiger partial charge in [-0.3, -0.25) is 0 Å². The van der Waals surface area contributed by atoms with Gasteiger partial charge in [0.15, 0.2) is 0 Å². The van der Waals surface area contributed by atoms with Crippen molar-refractivity contribution in [2.75, 3.05) is 6.61 Å². The van der Waals surface area contributed by atoms with Crippen molar-refractivity contribution in [1.29, 1.82) is 0 Å². The SMILES string of the molecule is C=CC(=C)/C=C(/C#Cc1ccc(N=Nc2ccc(OCC)cc2)cc1)c1ccccc1. The van der Waals surface area contributed by atoms with Crippen molar-refractivity contribution in [3.05, 3.63) is 121 Å². The van der Waals surface area contributed by atoms with E-state index in [1.165, 1.54) is 0 Å². The van der Waals surface area contributed by atoms with Crippen molar-refractivity contribution in [2.45, 2.75) is 6.92 Å². The van der Waals surface area contributed by atoms with Gasteiger partial charge in [0.2, 0.25) is 0 Å². The first-order chi connectivity index (χ1) is 15.2. The van der Waals surface area contributed by atoms with Crippen LogP contribution in [0.3, 0.4) is 0 Å². The minimum Gasteiger partial charge on any atom is -0.494 e. The van der Waals surface area contributed by atoms with Gasteiger partial charge in [0.05, 0.1) is 18.0 Å². The minimum absolute atomic E-state index is 0.641. The Morgan fingerprint density at radius 2 is 1.52 bits per heavy atom. The van der Waals surface area contributed by atoms with E-state index in [2.05, 4.69) is 35.2 Å². The average Bonchev–Trinajstić information content (AvgIpc) is 2.82. The van der Waals surface area contributed by atoms with Crippen LogP contribution in [0.4, 0.5) is 11.4 Å². The molecule has 0 N–H and O–H groups in total. The first-order valence-corrected chi connectivity index (χ1v) is 10.0. The lowest BCUT2D eigenvalue weighted by molar-refractivity contribution is 0.340. The molecule has 0 radical (unpaired) electrons. The molecule has 3 nitrogen and oxygen atoms in total. The van der Waals surface area contributed by atoms with Crippen molar-refractivity contribution >= 4 is 16.9 Å². The van der Waals surface area contributed by atoms with Crippen LogP contribution in [0.1, 0.15) is 18.1 Å². The predicted molar refractivity (Wildman–Crippen MR) is 129 cm³/mol. The van der Waals surface area contributed by atoms with Gasteiger partial charge < -0.3 is 4.74 Å². The lowest BCUT2D eigenvalue weighted by Gasteiger charge is -2.01. The monoisotopic (exact) mass is 404 g/mol. The second-order valence-corrected chi connectivity index (χ2v) is 6.63. The van der Waals surface area contributed by atoms with Crippen LogP contribution in [-0.2, 0) is 0 Å². The summed E-state index contributed by atoms with van der Waals surface area (Å²) in [5.41, 5.74) is 5.18. The summed E-state index contributed by atoms with van der Waals surface area (Å²) in [6.45, 7) is 10.3. The van der Waals surface area contributed by atoms with E-state index in [1.54, 1.807) is 6.08 Å². The van der Waals surface area contributed by atoms with Gasteiger partial charge in [-0.15, -0.1) is 0 Å². The molecule has 0 aliphatic rings. The summed E-state index contributed by atoms with van der Waals surface area (Å²) < 4.78 is 5.43. The van der Waals surface area contributed by atoms with Crippen molar-refractivity contribution < 1.29 is 4.74 Å². The van der Waals surface area contributed by atoms with Crippen molar-refractivity contribution in [3.63, 3.8) is 0 Å². The molecule has 0 saturated heterocycles. The topological polar surface area (TPSA) is 34.0 Å². The predicted octanol–water partition coefficient (Wildman–Crippen LogP) is 7.68. The first kappa shape index (κ1) is 21.5. The Morgan fingerprint density at radius 3 is 2.10 bits per heavy atom. The highest BCUT2D eigenvalue weighted by atomic mass is 16.5. The van der Waals surface area contributed by atoms with Crippen LogP contribution >= 0.6 is 0 Å². The molecule has 3 aromatic rings. The summed E-state index contributed by atoms with van der Waals surface area (Å²) in [6.07, 6.45) is 3.66. The molecule has 0 aliphatic carbocycles. The number of hydrogen-bond donors (Lipinski definition) is 0. The standard InChI is InChI=1S/C28H24N2O/c1-4-22(3)21-25(24-9-7-6-8-10-24)14-11-23-12-15-26(16-13-23)29-30-27-17-19-28(20-18-27)31-5-2/h4,6-10,12-13,15-21H,1,3,5H2,2H3/b25-21-,30-29?. The number of hydrogen-bond acceptors (Lipinski definition) is 3. The van der Waals surface area contributed by atoms with Crippen LogP contribution in [0.25, 0.3) is 5.57 Å². The summed E-state index contributed by atoms with van der Waals surface area (Å²) in [6, 6.07) is 25.2. The molecular formula is C28H24N2O. The molecule has 0 atom stereocenters. The highest BCUT2D eigenvalue weighted by Gasteiger charge is 1.98. The zero-order valence-corrected chi connectivity index (χ0v) is 17.6. The molecule has 0 aromatic heterocycles. The fourth-order valence-electron chi connectivity index (χ4n) is 2.70. The molecular weight excluding hydrogens is 380 g/mol. The Labute approximate surface area is 184 Å². The molecule has 3 rings (SSSR count). The third kappa shape index (κ3) is 6.69. The quantitative estimate of drug-likeness (QED) is 0.226. The second-order valence-electron chi connectivity index (χ2n) is 6.63. The Hall–Kier alpha value is -4.16. The lowest BCUT2D eigenvalue weighted by Crippen LogP contribution is -1.89. The van der Waals surface area contributed by atoms with Crippen LogP contribution in [-0.4, -0.2) is 6.61 Å². The van der Waals surface area contributed by atoms with E-state index in [9.17, 15) is 0 Å². The van der Waals surface area contributed by atoms with Crippen molar-refractivity contribution in [1.82, 2.24) is 0 Å². The zero-order chi connectivity index (χ0) is 21.9. The summed E-state index contributed by atoms with van der Waals surface area (Å²) in [5, 5.41) is 8.56. The van der Waals surface area contributed by atoms with E-state index in [4.69, 9.17) is 4.74 Å². The van der Waals surface area contributed by atoms with Gasteiger partial charge in [-0.05, 0) is 72.7 Å². The minimum atomic E-state index is 0.641. The van der Waals surface area contributed by atoms with Gasteiger partial charge in [-0.25, -0.2) is 0 Å². The molecule has 0 amide bonds. The highest BCUT2D eigenvalue weighted by Crippen LogP contribution is 2.22. The van der Waals surface area contributed by atoms with Crippen LogP contribution < -0.4 is 4.74 Å². The maximum Gasteiger partial charge on any atom is 0.119 e. The number of allylic oxidation sites excluding steroid dienone is 4. The average molecular weight is 405 g/mol. The normalized spacial score (nSPS) is 10.9. The van der Waals surface area contributed by atoms with Crippen molar-refractivity contribution in [3.8, 4) is 17.6 Å². The number of nitrogens with zero attached hydrogens (tertiary/aromatic N) is 2. The fourth-order valence-corrected chi connectivity index (χ4v) is 2.70. The molecule has 31 heavy (non-hydrogen) atoms. The maximum atomic E-state index is 5.43. The van der Waals surface area contributed by atoms with Gasteiger partial charge in [0.1, 0.15) is 5.75 Å². The first-order valence-electron chi connectivity index (χ1n) is 10.0. The van der Waals surface area contributed by atoms with Gasteiger partial charge >= 0.3 is 0 Å². The lowest BCUT2D eigenvalue weighted by atomic mass is 10.0. The molecule has 3 heteroatoms. The van der Waals surface area contributed by atoms with E-state index in [1.807, 2.05) is 91.9 Å². The molecule has 152 valence electrons. The third-order valence-electron chi connectivity index (χ3n) is 4.31. The Morgan fingerprint density at radius 1 is 0.903 bits per heavy atom. The van der Waals surface area contributed by atoms with E-state index in [0.29, 0.717) is 6.61 Å². The van der Waals surface area contributed by atoms with Crippen molar-refractivity contribution in [2.24, 2.45) is 10.2 Å². The van der Waals surface area contributed by atoms with Crippen LogP contribution in [0.2, 0.25) is 0 Å². The number of azo groups is 1. The number of ether oxygens (including phenoxy) is 1. The number of benzene rings is 3. The highest BCUT2D eigenvalue weighted by molar-refractivity contribution is 5.81. The molecule has 0 saturated carbocycles. The van der Waals surface area contributed by atoms with E-state index in [0.717, 1.165) is 39.4 Å². The molecule has 0 heterocycles. The Balaban J connectivity index is 1.74. The van der Waals surface area contributed by atoms with Gasteiger partial charge in [0.25, 0.3) is 0 Å². The van der Waals surface area contributed by atoms with E-state index in [-0.39, 0.29) is 0 Å². The van der Waals surface area contributed by atoms with Crippen LogP contribution in [0.15, 0.2) is 120 Å². The summed E-state index contributed by atoms with van der Waals surface area (Å²) in [5.74, 6) is 7.28. The van der Waals surface area contributed by atoms with Crippen LogP contribution in [0, 0.1) is 11.8 Å². The zero-order valence-electron chi connectivity index (χ0n) is 17.6. The maximum absolute atomic E-state index is 5.43. The smallest absolute Gasteiger partial charge is 0.119 e. The number of rotatable bonds is 7. The summed E-state index contributed by atoms with van der Waals surface area (Å²) >= 11 is 0. The van der Waals surface area contributed by atoms with Crippen LogP contribution in [0.5, 0.6) is 5.75 Å².